The van der Waals surface area contributed by atoms with Crippen LogP contribution in [0.1, 0.15) is 0 Å². The monoisotopic (exact) mass is 275 g/mol. The lowest BCUT2D eigenvalue weighted by Gasteiger charge is -2.18. The number of carboxylic acid groups (broad SMARTS) is 1. The van der Waals surface area contributed by atoms with Crippen LogP contribution >= 0.6 is 23.2 Å². The van der Waals surface area contributed by atoms with E-state index in [9.17, 15) is 25.0 Å². The van der Waals surface area contributed by atoms with E-state index in [1.807, 2.05) is 0 Å². The molecule has 0 rings (SSSR count). The van der Waals surface area contributed by atoms with Gasteiger partial charge < -0.3 is 5.11 Å². The number of nitrogens with zero attached hydrogens (tertiary/aromatic N) is 3. The van der Waals surface area contributed by atoms with Crippen molar-refractivity contribution in [3.05, 3.63) is 20.2 Å². The van der Waals surface area contributed by atoms with Gasteiger partial charge in [0, 0.05) is 9.85 Å². The molecule has 0 fully saturated rings. The zero-order valence-corrected chi connectivity index (χ0v) is 9.17. The number of amides is 1. The van der Waals surface area contributed by atoms with Crippen molar-refractivity contribution in [1.82, 2.24) is 4.90 Å². The van der Waals surface area contributed by atoms with Crippen LogP contribution in [-0.4, -0.2) is 50.0 Å². The Balaban J connectivity index is 4.45. The van der Waals surface area contributed by atoms with Crippen molar-refractivity contribution in [3.63, 3.8) is 0 Å². The lowest BCUT2D eigenvalue weighted by atomic mass is 10.5. The molecule has 0 radical (unpaired) electrons. The fourth-order valence-electron chi connectivity index (χ4n) is 0.728. The summed E-state index contributed by atoms with van der Waals surface area (Å²) in [5, 5.41) is 28.9. The third-order valence-electron chi connectivity index (χ3n) is 1.47. The molecule has 16 heavy (non-hydrogen) atoms. The van der Waals surface area contributed by atoms with E-state index in [-0.39, 0.29) is 0 Å². The van der Waals surface area contributed by atoms with Crippen molar-refractivity contribution >= 4 is 29.3 Å². The largest absolute Gasteiger partial charge is 0.465 e. The molecule has 92 valence electrons. The van der Waals surface area contributed by atoms with Gasteiger partial charge in [-0.3, -0.25) is 25.1 Å². The van der Waals surface area contributed by atoms with Gasteiger partial charge in [-0.1, -0.05) is 0 Å². The van der Waals surface area contributed by atoms with Crippen LogP contribution in [0.2, 0.25) is 0 Å². The van der Waals surface area contributed by atoms with Gasteiger partial charge in [-0.15, -0.1) is 0 Å². The summed E-state index contributed by atoms with van der Waals surface area (Å²) in [6, 6.07) is 0. The van der Waals surface area contributed by atoms with Crippen LogP contribution in [0, 0.1) is 20.2 Å². The molecule has 0 aromatic carbocycles. The minimum Gasteiger partial charge on any atom is -0.465 e. The van der Waals surface area contributed by atoms with Crippen LogP contribution in [0.4, 0.5) is 4.79 Å². The van der Waals surface area contributed by atoms with E-state index < -0.39 is 40.0 Å². The van der Waals surface area contributed by atoms with Crippen molar-refractivity contribution < 1.29 is 19.7 Å². The fourth-order valence-corrected chi connectivity index (χ4v) is 1.06. The van der Waals surface area contributed by atoms with E-state index in [0.29, 0.717) is 4.90 Å². The van der Waals surface area contributed by atoms with Crippen molar-refractivity contribution in [3.8, 4) is 0 Å². The van der Waals surface area contributed by atoms with Gasteiger partial charge in [-0.05, 0) is 23.2 Å². The predicted molar refractivity (Wildman–Crippen MR) is 52.9 cm³/mol. The molecule has 9 nitrogen and oxygen atoms in total. The molecular weight excluding hydrogens is 269 g/mol. The molecule has 2 atom stereocenters. The minimum atomic E-state index is -1.67. The molecule has 0 spiro atoms. The molecule has 0 heterocycles. The van der Waals surface area contributed by atoms with Crippen LogP contribution in [0.5, 0.6) is 0 Å². The third kappa shape index (κ3) is 4.94. The molecule has 1 N–H and O–H groups in total. The summed E-state index contributed by atoms with van der Waals surface area (Å²) in [5.74, 6) is 0. The Morgan fingerprint density at radius 3 is 1.69 bits per heavy atom. The molecule has 0 aromatic rings. The molecule has 0 saturated heterocycles. The molecule has 1 amide bonds. The maximum atomic E-state index is 10.6. The molecule has 0 saturated carbocycles. The first-order valence-electron chi connectivity index (χ1n) is 3.78. The second kappa shape index (κ2) is 6.28. The summed E-state index contributed by atoms with van der Waals surface area (Å²) in [6.07, 6.45) is -1.57. The van der Waals surface area contributed by atoms with E-state index in [2.05, 4.69) is 0 Å². The zero-order valence-electron chi connectivity index (χ0n) is 7.65. The van der Waals surface area contributed by atoms with Gasteiger partial charge in [0.15, 0.2) is 0 Å². The molecule has 0 aliphatic carbocycles. The van der Waals surface area contributed by atoms with Crippen LogP contribution in [0.3, 0.4) is 0 Å². The first-order valence-corrected chi connectivity index (χ1v) is 4.66. The maximum absolute atomic E-state index is 10.6. The summed E-state index contributed by atoms with van der Waals surface area (Å²) in [5.41, 5.74) is -3.35. The van der Waals surface area contributed by atoms with Crippen LogP contribution in [0.25, 0.3) is 0 Å². The summed E-state index contributed by atoms with van der Waals surface area (Å²) in [6.45, 7) is -1.36. The van der Waals surface area contributed by atoms with Crippen molar-refractivity contribution in [2.24, 2.45) is 0 Å². The molecule has 2 unspecified atom stereocenters. The lowest BCUT2D eigenvalue weighted by molar-refractivity contribution is -0.504. The fraction of sp³-hybridized carbons (Fsp3) is 0.800. The Labute approximate surface area is 98.8 Å². The van der Waals surface area contributed by atoms with E-state index >= 15 is 0 Å². The van der Waals surface area contributed by atoms with Crippen LogP contribution in [-0.2, 0) is 0 Å². The number of alkyl halides is 2. The second-order valence-electron chi connectivity index (χ2n) is 2.63. The van der Waals surface area contributed by atoms with Gasteiger partial charge in [-0.2, -0.15) is 0 Å². The topological polar surface area (TPSA) is 127 Å². The number of carbonyl (C=O) groups is 1. The first-order chi connectivity index (χ1) is 7.25. The summed E-state index contributed by atoms with van der Waals surface area (Å²) in [4.78, 5) is 29.5. The smallest absolute Gasteiger partial charge is 0.407 e. The first kappa shape index (κ1) is 14.6. The molecule has 0 aromatic heterocycles. The number of hydrogen-bond acceptors (Lipinski definition) is 5. The summed E-state index contributed by atoms with van der Waals surface area (Å²) < 4.78 is 0. The number of hydrogen-bond donors (Lipinski definition) is 1. The van der Waals surface area contributed by atoms with E-state index in [4.69, 9.17) is 28.3 Å². The Morgan fingerprint density at radius 1 is 1.19 bits per heavy atom. The highest BCUT2D eigenvalue weighted by Gasteiger charge is 2.29. The number of rotatable bonds is 6. The van der Waals surface area contributed by atoms with Gasteiger partial charge in [-0.25, -0.2) is 4.79 Å². The number of halogens is 2. The molecule has 0 aliphatic heterocycles. The highest BCUT2D eigenvalue weighted by Crippen LogP contribution is 2.06. The Hall–Kier alpha value is -1.35. The third-order valence-corrected chi connectivity index (χ3v) is 2.06. The van der Waals surface area contributed by atoms with Gasteiger partial charge in [0.2, 0.25) is 0 Å². The van der Waals surface area contributed by atoms with E-state index in [1.54, 1.807) is 0 Å². The normalized spacial score (nSPS) is 13.9. The molecular formula is C5H7Cl2N3O6. The van der Waals surface area contributed by atoms with Crippen molar-refractivity contribution in [1.29, 1.82) is 0 Å². The minimum absolute atomic E-state index is 0.418. The molecule has 0 aliphatic rings. The Bertz CT molecular complexity index is 278. The molecule has 11 heteroatoms. The highest BCUT2D eigenvalue weighted by molar-refractivity contribution is 6.20. The Morgan fingerprint density at radius 2 is 1.50 bits per heavy atom. The zero-order chi connectivity index (χ0) is 12.9. The van der Waals surface area contributed by atoms with Gasteiger partial charge in [0.25, 0.3) is 0 Å². The van der Waals surface area contributed by atoms with Crippen molar-refractivity contribution in [2.45, 2.75) is 11.0 Å². The predicted octanol–water partition coefficient (Wildman–Crippen LogP) is 0.650. The maximum Gasteiger partial charge on any atom is 0.407 e. The van der Waals surface area contributed by atoms with E-state index in [1.165, 1.54) is 0 Å². The van der Waals surface area contributed by atoms with Gasteiger partial charge in [0.05, 0.1) is 0 Å². The highest BCUT2D eigenvalue weighted by atomic mass is 35.5. The molecule has 0 bridgehead atoms. The Kier molecular flexibility index (Phi) is 5.75. The average molecular weight is 276 g/mol. The average Bonchev–Trinajstić information content (AvgIpc) is 2.15. The van der Waals surface area contributed by atoms with Gasteiger partial charge in [0.1, 0.15) is 13.1 Å². The summed E-state index contributed by atoms with van der Waals surface area (Å²) in [7, 11) is 0. The summed E-state index contributed by atoms with van der Waals surface area (Å²) >= 11 is 10.4. The van der Waals surface area contributed by atoms with Crippen LogP contribution in [0.15, 0.2) is 0 Å². The van der Waals surface area contributed by atoms with Gasteiger partial charge >= 0.3 is 17.1 Å². The van der Waals surface area contributed by atoms with Crippen LogP contribution < -0.4 is 0 Å². The van der Waals surface area contributed by atoms with E-state index in [0.717, 1.165) is 0 Å². The second-order valence-corrected chi connectivity index (χ2v) is 3.63. The standard InChI is InChI=1S/C5H7Cl2N3O6/c6-3(9(13)14)1-8(5(11)12)2-4(7)10(15)16/h3-4H,1-2H2,(H,11,12). The lowest BCUT2D eigenvalue weighted by Crippen LogP contribution is -2.42. The SMILES string of the molecule is O=C(O)N(CC(Cl)[N+](=O)[O-])CC(Cl)[N+](=O)[O-]. The van der Waals surface area contributed by atoms with Crippen molar-refractivity contribution in [2.75, 3.05) is 13.1 Å². The number of nitro groups is 2. The quantitative estimate of drug-likeness (QED) is 0.328.